The Morgan fingerprint density at radius 3 is 1.92 bits per heavy atom. The van der Waals surface area contributed by atoms with Crippen molar-refractivity contribution < 1.29 is 0 Å². The topological polar surface area (TPSA) is 128 Å². The molecule has 0 aliphatic heterocycles. The highest BCUT2D eigenvalue weighted by Crippen LogP contribution is 2.13. The molecule has 0 atom stereocenters. The summed E-state index contributed by atoms with van der Waals surface area (Å²) in [7, 11) is 0. The highest BCUT2D eigenvalue weighted by molar-refractivity contribution is 5.97. The van der Waals surface area contributed by atoms with E-state index in [4.69, 9.17) is 11.5 Å². The highest BCUT2D eigenvalue weighted by atomic mass is 15.1. The van der Waals surface area contributed by atoms with E-state index >= 15 is 0 Å². The van der Waals surface area contributed by atoms with Crippen LogP contribution in [0.3, 0.4) is 0 Å². The van der Waals surface area contributed by atoms with E-state index in [2.05, 4.69) is 29.9 Å². The standard InChI is InChI=1S/C16H14N8/c17-14(11-5-1-3-8-19-11)22-13-7-10-21-16(23-13)24-15(18)12-6-2-4-9-20-12/h1-10H,(H4,17,18,21,22,23,24). The molecule has 0 spiro atoms. The third-order valence-corrected chi connectivity index (χ3v) is 2.94. The number of hydrogen-bond donors (Lipinski definition) is 2. The van der Waals surface area contributed by atoms with Crippen molar-refractivity contribution in [2.75, 3.05) is 0 Å². The molecule has 3 aromatic rings. The van der Waals surface area contributed by atoms with Crippen molar-refractivity contribution in [2.24, 2.45) is 21.5 Å². The van der Waals surface area contributed by atoms with Crippen LogP contribution in [-0.2, 0) is 0 Å². The van der Waals surface area contributed by atoms with Crippen molar-refractivity contribution in [2.45, 2.75) is 0 Å². The quantitative estimate of drug-likeness (QED) is 0.551. The second kappa shape index (κ2) is 7.05. The molecule has 0 saturated carbocycles. The normalized spacial score (nSPS) is 12.2. The molecule has 118 valence electrons. The van der Waals surface area contributed by atoms with Crippen LogP contribution < -0.4 is 11.5 Å². The molecule has 8 heteroatoms. The summed E-state index contributed by atoms with van der Waals surface area (Å²) in [6, 6.07) is 12.4. The molecule has 0 saturated heterocycles. The molecule has 3 aromatic heterocycles. The van der Waals surface area contributed by atoms with Gasteiger partial charge in [0.1, 0.15) is 11.4 Å². The number of nitrogens with two attached hydrogens (primary N) is 2. The summed E-state index contributed by atoms with van der Waals surface area (Å²) in [4.78, 5) is 24.9. The van der Waals surface area contributed by atoms with Crippen molar-refractivity contribution in [3.63, 3.8) is 0 Å². The monoisotopic (exact) mass is 318 g/mol. The van der Waals surface area contributed by atoms with Crippen LogP contribution in [-0.4, -0.2) is 31.6 Å². The zero-order valence-electron chi connectivity index (χ0n) is 12.6. The summed E-state index contributed by atoms with van der Waals surface area (Å²) in [5, 5.41) is 0. The second-order valence-corrected chi connectivity index (χ2v) is 4.64. The molecule has 0 unspecified atom stereocenters. The zero-order chi connectivity index (χ0) is 16.8. The molecule has 0 aliphatic carbocycles. The van der Waals surface area contributed by atoms with Crippen molar-refractivity contribution in [1.29, 1.82) is 0 Å². The van der Waals surface area contributed by atoms with Crippen molar-refractivity contribution in [3.05, 3.63) is 72.4 Å². The van der Waals surface area contributed by atoms with Gasteiger partial charge in [-0.25, -0.2) is 9.98 Å². The Kier molecular flexibility index (Phi) is 4.47. The Hall–Kier alpha value is -3.68. The first kappa shape index (κ1) is 15.2. The van der Waals surface area contributed by atoms with Gasteiger partial charge in [0.05, 0.1) is 0 Å². The van der Waals surface area contributed by atoms with Gasteiger partial charge in [0.2, 0.25) is 0 Å². The lowest BCUT2D eigenvalue weighted by Gasteiger charge is -2.01. The van der Waals surface area contributed by atoms with Gasteiger partial charge in [-0.1, -0.05) is 12.1 Å². The minimum absolute atomic E-state index is 0.174. The molecule has 24 heavy (non-hydrogen) atoms. The van der Waals surface area contributed by atoms with Crippen LogP contribution in [0.15, 0.2) is 71.0 Å². The van der Waals surface area contributed by atoms with E-state index in [9.17, 15) is 0 Å². The molecular weight excluding hydrogens is 304 g/mol. The third kappa shape index (κ3) is 3.74. The van der Waals surface area contributed by atoms with Crippen LogP contribution in [0, 0.1) is 0 Å². The SMILES string of the molecule is NC(=Nc1ccnc(/N=C(\N)c2ccccn2)n1)c1ccccn1. The minimum Gasteiger partial charge on any atom is -0.382 e. The lowest BCUT2D eigenvalue weighted by molar-refractivity contribution is 1.11. The van der Waals surface area contributed by atoms with Gasteiger partial charge in [-0.2, -0.15) is 9.98 Å². The first-order valence-electron chi connectivity index (χ1n) is 7.06. The molecule has 0 aromatic carbocycles. The van der Waals surface area contributed by atoms with E-state index in [1.807, 2.05) is 12.1 Å². The Labute approximate surface area is 138 Å². The lowest BCUT2D eigenvalue weighted by atomic mass is 10.3. The largest absolute Gasteiger partial charge is 0.382 e. The predicted octanol–water partition coefficient (Wildman–Crippen LogP) is 1.34. The fourth-order valence-corrected chi connectivity index (χ4v) is 1.83. The van der Waals surface area contributed by atoms with Gasteiger partial charge < -0.3 is 11.5 Å². The van der Waals surface area contributed by atoms with Crippen LogP contribution in [0.4, 0.5) is 11.8 Å². The molecule has 0 fully saturated rings. The van der Waals surface area contributed by atoms with Crippen LogP contribution in [0.5, 0.6) is 0 Å². The average molecular weight is 318 g/mol. The Bertz CT molecular complexity index is 804. The summed E-state index contributed by atoms with van der Waals surface area (Å²) >= 11 is 0. The van der Waals surface area contributed by atoms with Gasteiger partial charge in [0.25, 0.3) is 5.95 Å². The molecule has 3 heterocycles. The average Bonchev–Trinajstić information content (AvgIpc) is 2.63. The zero-order valence-corrected chi connectivity index (χ0v) is 12.6. The molecule has 0 bridgehead atoms. The number of amidine groups is 2. The molecule has 0 radical (unpaired) electrons. The summed E-state index contributed by atoms with van der Waals surface area (Å²) in [6.07, 6.45) is 4.80. The molecule has 3 rings (SSSR count). The Balaban J connectivity index is 1.87. The van der Waals surface area contributed by atoms with E-state index in [0.717, 1.165) is 0 Å². The first-order chi connectivity index (χ1) is 11.7. The Morgan fingerprint density at radius 2 is 1.33 bits per heavy atom. The molecule has 8 nitrogen and oxygen atoms in total. The van der Waals surface area contributed by atoms with Gasteiger partial charge in [0, 0.05) is 24.7 Å². The minimum atomic E-state index is 0.174. The molecular formula is C16H14N8. The number of rotatable bonds is 4. The van der Waals surface area contributed by atoms with E-state index in [-0.39, 0.29) is 17.6 Å². The molecule has 0 aliphatic rings. The predicted molar refractivity (Wildman–Crippen MR) is 91.3 cm³/mol. The number of nitrogens with zero attached hydrogens (tertiary/aromatic N) is 6. The van der Waals surface area contributed by atoms with Crippen LogP contribution in [0.2, 0.25) is 0 Å². The molecule has 0 amide bonds. The van der Waals surface area contributed by atoms with Gasteiger partial charge in [-0.3, -0.25) is 9.97 Å². The summed E-state index contributed by atoms with van der Waals surface area (Å²) in [6.45, 7) is 0. The first-order valence-corrected chi connectivity index (χ1v) is 7.06. The maximum Gasteiger partial charge on any atom is 0.253 e. The van der Waals surface area contributed by atoms with E-state index in [0.29, 0.717) is 17.2 Å². The smallest absolute Gasteiger partial charge is 0.253 e. The van der Waals surface area contributed by atoms with Crippen molar-refractivity contribution in [3.8, 4) is 0 Å². The summed E-state index contributed by atoms with van der Waals surface area (Å²) in [5.41, 5.74) is 12.9. The number of hydrogen-bond acceptors (Lipinski definition) is 6. The molecule has 4 N–H and O–H groups in total. The highest BCUT2D eigenvalue weighted by Gasteiger charge is 2.04. The lowest BCUT2D eigenvalue weighted by Crippen LogP contribution is -2.15. The van der Waals surface area contributed by atoms with Crippen LogP contribution in [0.25, 0.3) is 0 Å². The van der Waals surface area contributed by atoms with E-state index in [1.54, 1.807) is 42.7 Å². The van der Waals surface area contributed by atoms with E-state index in [1.165, 1.54) is 6.20 Å². The van der Waals surface area contributed by atoms with Gasteiger partial charge in [-0.15, -0.1) is 0 Å². The number of aromatic nitrogens is 4. The van der Waals surface area contributed by atoms with Crippen molar-refractivity contribution in [1.82, 2.24) is 19.9 Å². The summed E-state index contributed by atoms with van der Waals surface area (Å²) < 4.78 is 0. The fraction of sp³-hybridized carbons (Fsp3) is 0. The number of aliphatic imine (C=N–C) groups is 2. The van der Waals surface area contributed by atoms with Crippen molar-refractivity contribution >= 4 is 23.4 Å². The van der Waals surface area contributed by atoms with Gasteiger partial charge >= 0.3 is 0 Å². The number of pyridine rings is 2. The van der Waals surface area contributed by atoms with E-state index < -0.39 is 0 Å². The van der Waals surface area contributed by atoms with Gasteiger partial charge in [0.15, 0.2) is 17.5 Å². The maximum atomic E-state index is 5.93. The van der Waals surface area contributed by atoms with Crippen LogP contribution >= 0.6 is 0 Å². The fourth-order valence-electron chi connectivity index (χ4n) is 1.83. The maximum absolute atomic E-state index is 5.93. The third-order valence-electron chi connectivity index (χ3n) is 2.94. The second-order valence-electron chi connectivity index (χ2n) is 4.64. The summed E-state index contributed by atoms with van der Waals surface area (Å²) in [5.74, 6) is 1.00. The van der Waals surface area contributed by atoms with Gasteiger partial charge in [-0.05, 0) is 24.3 Å². The Morgan fingerprint density at radius 1 is 0.708 bits per heavy atom. The van der Waals surface area contributed by atoms with Crippen LogP contribution in [0.1, 0.15) is 11.4 Å².